The highest BCUT2D eigenvalue weighted by Crippen LogP contribution is 2.33. The fourth-order valence-electron chi connectivity index (χ4n) is 4.63. The second-order valence-electron chi connectivity index (χ2n) is 8.79. The van der Waals surface area contributed by atoms with Crippen molar-refractivity contribution in [1.82, 2.24) is 20.2 Å². The number of imidazole rings is 1. The molecule has 0 radical (unpaired) electrons. The van der Waals surface area contributed by atoms with Crippen molar-refractivity contribution >= 4 is 28.3 Å². The van der Waals surface area contributed by atoms with Crippen LogP contribution >= 0.6 is 11.6 Å². The van der Waals surface area contributed by atoms with Crippen LogP contribution in [-0.2, 0) is 4.74 Å². The van der Waals surface area contributed by atoms with E-state index in [4.69, 9.17) is 25.7 Å². The summed E-state index contributed by atoms with van der Waals surface area (Å²) in [7, 11) is 0. The number of hydrogen-bond donors (Lipinski definition) is 1. The normalized spacial score (nSPS) is 14.1. The first-order valence-electron chi connectivity index (χ1n) is 11.6. The van der Waals surface area contributed by atoms with Crippen molar-refractivity contribution in [2.45, 2.75) is 13.8 Å². The topological polar surface area (TPSA) is 80.1 Å². The van der Waals surface area contributed by atoms with Crippen LogP contribution in [0.5, 0.6) is 0 Å². The third-order valence-electron chi connectivity index (χ3n) is 6.38. The number of anilines is 1. The number of hydrogen-bond acceptors (Lipinski definition) is 6. The molecule has 6 rings (SSSR count). The van der Waals surface area contributed by atoms with Gasteiger partial charge in [0.2, 0.25) is 11.8 Å². The Labute approximate surface area is 207 Å². The monoisotopic (exact) mass is 485 g/mol. The van der Waals surface area contributed by atoms with Crippen molar-refractivity contribution in [3.63, 3.8) is 0 Å². The quantitative estimate of drug-likeness (QED) is 0.333. The molecule has 0 unspecified atom stereocenters. The van der Waals surface area contributed by atoms with Crippen LogP contribution < -0.4 is 4.90 Å². The molecule has 1 aliphatic rings. The highest BCUT2D eigenvalue weighted by atomic mass is 35.5. The third-order valence-corrected chi connectivity index (χ3v) is 6.63. The van der Waals surface area contributed by atoms with Gasteiger partial charge in [-0.25, -0.2) is 4.98 Å². The first kappa shape index (κ1) is 21.8. The molecule has 1 aliphatic heterocycles. The van der Waals surface area contributed by atoms with Gasteiger partial charge in [-0.15, -0.1) is 10.2 Å². The molecule has 0 spiro atoms. The van der Waals surface area contributed by atoms with E-state index in [2.05, 4.69) is 46.1 Å². The number of rotatable bonds is 4. The molecule has 176 valence electrons. The number of halogens is 1. The van der Waals surface area contributed by atoms with E-state index in [0.717, 1.165) is 59.9 Å². The highest BCUT2D eigenvalue weighted by molar-refractivity contribution is 6.30. The Kier molecular flexibility index (Phi) is 5.51. The third kappa shape index (κ3) is 4.17. The van der Waals surface area contributed by atoms with Crippen LogP contribution in [-0.4, -0.2) is 46.5 Å². The van der Waals surface area contributed by atoms with Crippen molar-refractivity contribution < 1.29 is 9.15 Å². The lowest BCUT2D eigenvalue weighted by molar-refractivity contribution is 0.122. The molecule has 3 heterocycles. The lowest BCUT2D eigenvalue weighted by Gasteiger charge is -2.29. The van der Waals surface area contributed by atoms with Crippen LogP contribution in [0.1, 0.15) is 11.1 Å². The number of morpholine rings is 1. The van der Waals surface area contributed by atoms with Crippen LogP contribution in [0.4, 0.5) is 5.69 Å². The van der Waals surface area contributed by atoms with Crippen LogP contribution in [0.25, 0.3) is 45.3 Å². The number of aromatic amines is 1. The Hall–Kier alpha value is -3.68. The first-order chi connectivity index (χ1) is 17.0. The van der Waals surface area contributed by atoms with Crippen molar-refractivity contribution in [1.29, 1.82) is 0 Å². The largest absolute Gasteiger partial charge is 0.416 e. The molecule has 1 saturated heterocycles. The van der Waals surface area contributed by atoms with E-state index < -0.39 is 0 Å². The van der Waals surface area contributed by atoms with Crippen LogP contribution in [0.2, 0.25) is 5.02 Å². The summed E-state index contributed by atoms with van der Waals surface area (Å²) in [6.07, 6.45) is 0. The number of H-pyrrole nitrogens is 1. The first-order valence-corrected chi connectivity index (χ1v) is 12.0. The zero-order valence-electron chi connectivity index (χ0n) is 19.5. The van der Waals surface area contributed by atoms with Gasteiger partial charge < -0.3 is 19.0 Å². The minimum Gasteiger partial charge on any atom is -0.416 e. The average molecular weight is 486 g/mol. The Morgan fingerprint density at radius 1 is 0.857 bits per heavy atom. The van der Waals surface area contributed by atoms with Crippen molar-refractivity contribution in [3.05, 3.63) is 70.7 Å². The fraction of sp³-hybridized carbons (Fsp3) is 0.222. The molecule has 0 aliphatic carbocycles. The maximum Gasteiger partial charge on any atom is 0.248 e. The Morgan fingerprint density at radius 3 is 2.23 bits per heavy atom. The Bertz CT molecular complexity index is 1490. The van der Waals surface area contributed by atoms with E-state index in [-0.39, 0.29) is 0 Å². The van der Waals surface area contributed by atoms with Gasteiger partial charge in [-0.05, 0) is 79.6 Å². The predicted molar refractivity (Wildman–Crippen MR) is 138 cm³/mol. The fourth-order valence-corrected chi connectivity index (χ4v) is 4.75. The Balaban J connectivity index is 1.32. The summed E-state index contributed by atoms with van der Waals surface area (Å²) >= 11 is 5.98. The number of benzene rings is 3. The van der Waals surface area contributed by atoms with E-state index in [0.29, 0.717) is 16.8 Å². The maximum absolute atomic E-state index is 5.98. The van der Waals surface area contributed by atoms with Gasteiger partial charge in [0, 0.05) is 40.5 Å². The number of nitrogens with zero attached hydrogens (tertiary/aromatic N) is 4. The second kappa shape index (κ2) is 8.83. The van der Waals surface area contributed by atoms with Crippen LogP contribution in [0.3, 0.4) is 0 Å². The van der Waals surface area contributed by atoms with Gasteiger partial charge in [0.1, 0.15) is 5.82 Å². The Morgan fingerprint density at radius 2 is 1.51 bits per heavy atom. The average Bonchev–Trinajstić information content (AvgIpc) is 3.52. The molecule has 0 saturated carbocycles. The second-order valence-corrected chi connectivity index (χ2v) is 9.23. The molecule has 7 nitrogen and oxygen atoms in total. The molecule has 8 heteroatoms. The minimum atomic E-state index is 0.452. The number of aromatic nitrogens is 4. The minimum absolute atomic E-state index is 0.452. The molecule has 1 N–H and O–H groups in total. The molecule has 0 bridgehead atoms. The summed E-state index contributed by atoms with van der Waals surface area (Å²) in [5.41, 5.74) is 8.20. The van der Waals surface area contributed by atoms with Crippen molar-refractivity contribution in [3.8, 4) is 34.3 Å². The van der Waals surface area contributed by atoms with Gasteiger partial charge in [-0.2, -0.15) is 0 Å². The molecule has 0 atom stereocenters. The van der Waals surface area contributed by atoms with Gasteiger partial charge in [-0.1, -0.05) is 11.6 Å². The maximum atomic E-state index is 5.98. The van der Waals surface area contributed by atoms with E-state index >= 15 is 0 Å². The highest BCUT2D eigenvalue weighted by Gasteiger charge is 2.17. The number of aryl methyl sites for hydroxylation is 2. The van der Waals surface area contributed by atoms with Crippen molar-refractivity contribution in [2.75, 3.05) is 31.2 Å². The van der Waals surface area contributed by atoms with E-state index in [9.17, 15) is 0 Å². The predicted octanol–water partition coefficient (Wildman–Crippen LogP) is 6.05. The summed E-state index contributed by atoms with van der Waals surface area (Å²) < 4.78 is 11.4. The van der Waals surface area contributed by atoms with Gasteiger partial charge in [0.15, 0.2) is 0 Å². The molecule has 0 amide bonds. The van der Waals surface area contributed by atoms with Crippen molar-refractivity contribution in [2.24, 2.45) is 0 Å². The van der Waals surface area contributed by atoms with Gasteiger partial charge in [-0.3, -0.25) is 0 Å². The zero-order valence-corrected chi connectivity index (χ0v) is 20.3. The van der Waals surface area contributed by atoms with E-state index in [1.165, 1.54) is 16.8 Å². The van der Waals surface area contributed by atoms with Gasteiger partial charge in [0.25, 0.3) is 0 Å². The van der Waals surface area contributed by atoms with E-state index in [1.807, 2.05) is 30.3 Å². The van der Waals surface area contributed by atoms with Crippen LogP contribution in [0.15, 0.2) is 59.0 Å². The molecular formula is C27H24ClN5O2. The number of nitrogens with one attached hydrogen (secondary N) is 1. The van der Waals surface area contributed by atoms with E-state index in [1.54, 1.807) is 12.1 Å². The zero-order chi connectivity index (χ0) is 23.9. The molecule has 1 fully saturated rings. The van der Waals surface area contributed by atoms with Crippen LogP contribution in [0, 0.1) is 13.8 Å². The number of ether oxygens (including phenoxy) is 1. The molecule has 3 aromatic carbocycles. The smallest absolute Gasteiger partial charge is 0.248 e. The summed E-state index contributed by atoms with van der Waals surface area (Å²) in [6, 6.07) is 17.7. The van der Waals surface area contributed by atoms with Gasteiger partial charge in [0.05, 0.1) is 24.2 Å². The lowest BCUT2D eigenvalue weighted by atomic mass is 10.0. The number of fused-ring (bicyclic) bond motifs is 1. The lowest BCUT2D eigenvalue weighted by Crippen LogP contribution is -2.36. The van der Waals surface area contributed by atoms with Gasteiger partial charge >= 0.3 is 0 Å². The summed E-state index contributed by atoms with van der Waals surface area (Å²) in [4.78, 5) is 10.7. The summed E-state index contributed by atoms with van der Waals surface area (Å²) in [5.74, 6) is 1.76. The summed E-state index contributed by atoms with van der Waals surface area (Å²) in [6.45, 7) is 7.66. The molecular weight excluding hydrogens is 462 g/mol. The molecule has 5 aromatic rings. The summed E-state index contributed by atoms with van der Waals surface area (Å²) in [5, 5.41) is 9.10. The SMILES string of the molecule is Cc1cc(N2CCOCC2)cc(C)c1-c1nc2ccc(-c3nnc(-c4ccc(Cl)cc4)o3)cc2[nH]1. The molecule has 2 aromatic heterocycles. The molecule has 35 heavy (non-hydrogen) atoms. The standard InChI is InChI=1S/C27H24ClN5O2/c1-16-13-21(33-9-11-34-12-10-33)14-17(2)24(16)25-29-22-8-5-19(15-23(22)30-25)27-32-31-26(35-27)18-3-6-20(28)7-4-18/h3-8,13-15H,9-12H2,1-2H3,(H,29,30).